The van der Waals surface area contributed by atoms with Crippen LogP contribution in [0.1, 0.15) is 0 Å². The molecule has 3 aromatic rings. The van der Waals surface area contributed by atoms with Gasteiger partial charge in [-0.25, -0.2) is 4.98 Å². The van der Waals surface area contributed by atoms with E-state index < -0.39 is 8.07 Å². The standard InChI is InChI=1S/C19H24N2OSi/c1-23(2,3)13-12-22-15-21-14-18(16-8-5-4-6-9-16)17-10-7-11-20-19(17)21/h4-11,14H,12-13,15H2,1-3H3. The molecule has 4 heteroatoms. The van der Waals surface area contributed by atoms with Crippen LogP contribution in [0.25, 0.3) is 22.2 Å². The smallest absolute Gasteiger partial charge is 0.142 e. The fourth-order valence-electron chi connectivity index (χ4n) is 2.61. The van der Waals surface area contributed by atoms with Crippen molar-refractivity contribution < 1.29 is 4.74 Å². The number of nitrogens with zero attached hydrogens (tertiary/aromatic N) is 2. The molecule has 0 unspecified atom stereocenters. The Kier molecular flexibility index (Phi) is 4.64. The summed E-state index contributed by atoms with van der Waals surface area (Å²) in [4.78, 5) is 4.55. The van der Waals surface area contributed by atoms with Gasteiger partial charge < -0.3 is 9.30 Å². The van der Waals surface area contributed by atoms with Gasteiger partial charge in [0.2, 0.25) is 0 Å². The Hall–Kier alpha value is -1.91. The van der Waals surface area contributed by atoms with Crippen LogP contribution in [-0.4, -0.2) is 24.2 Å². The third kappa shape index (κ3) is 3.89. The molecule has 0 N–H and O–H groups in total. The van der Waals surface area contributed by atoms with E-state index >= 15 is 0 Å². The monoisotopic (exact) mass is 324 g/mol. The first-order valence-corrected chi connectivity index (χ1v) is 11.8. The maximum Gasteiger partial charge on any atom is 0.142 e. The predicted molar refractivity (Wildman–Crippen MR) is 99.3 cm³/mol. The van der Waals surface area contributed by atoms with Crippen LogP contribution in [0.3, 0.4) is 0 Å². The van der Waals surface area contributed by atoms with Crippen molar-refractivity contribution in [3.8, 4) is 11.1 Å². The van der Waals surface area contributed by atoms with Gasteiger partial charge in [-0.05, 0) is 23.7 Å². The van der Waals surface area contributed by atoms with Crippen molar-refractivity contribution in [2.45, 2.75) is 32.4 Å². The van der Waals surface area contributed by atoms with E-state index in [0.717, 1.165) is 12.3 Å². The second-order valence-corrected chi connectivity index (χ2v) is 12.7. The molecule has 2 heterocycles. The molecule has 0 aliphatic rings. The Morgan fingerprint density at radius 2 is 1.83 bits per heavy atom. The fraction of sp³-hybridized carbons (Fsp3) is 0.316. The Morgan fingerprint density at radius 1 is 1.04 bits per heavy atom. The molecule has 0 aliphatic heterocycles. The molecule has 1 aromatic carbocycles. The summed E-state index contributed by atoms with van der Waals surface area (Å²) in [5.41, 5.74) is 3.41. The van der Waals surface area contributed by atoms with Crippen LogP contribution in [-0.2, 0) is 11.5 Å². The highest BCUT2D eigenvalue weighted by Crippen LogP contribution is 2.29. The van der Waals surface area contributed by atoms with Crippen LogP contribution < -0.4 is 0 Å². The lowest BCUT2D eigenvalue weighted by Crippen LogP contribution is -2.22. The molecule has 23 heavy (non-hydrogen) atoms. The third-order valence-electron chi connectivity index (χ3n) is 3.95. The third-order valence-corrected chi connectivity index (χ3v) is 5.65. The molecular weight excluding hydrogens is 300 g/mol. The van der Waals surface area contributed by atoms with E-state index in [0.29, 0.717) is 6.73 Å². The molecule has 120 valence electrons. The van der Waals surface area contributed by atoms with Gasteiger partial charge in [0.05, 0.1) is 0 Å². The molecule has 0 bridgehead atoms. The van der Waals surface area contributed by atoms with Crippen LogP contribution in [0.2, 0.25) is 25.7 Å². The zero-order chi connectivity index (χ0) is 16.3. The van der Waals surface area contributed by atoms with Crippen molar-refractivity contribution in [2.24, 2.45) is 0 Å². The maximum atomic E-state index is 5.91. The average molecular weight is 325 g/mol. The number of hydrogen-bond acceptors (Lipinski definition) is 2. The van der Waals surface area contributed by atoms with Gasteiger partial charge in [-0.1, -0.05) is 50.0 Å². The summed E-state index contributed by atoms with van der Waals surface area (Å²) in [7, 11) is -1.05. The van der Waals surface area contributed by atoms with E-state index in [4.69, 9.17) is 4.74 Å². The lowest BCUT2D eigenvalue weighted by Gasteiger charge is -2.15. The van der Waals surface area contributed by atoms with Crippen molar-refractivity contribution in [3.63, 3.8) is 0 Å². The summed E-state index contributed by atoms with van der Waals surface area (Å²) in [6.45, 7) is 8.50. The highest BCUT2D eigenvalue weighted by atomic mass is 28.3. The lowest BCUT2D eigenvalue weighted by atomic mass is 10.1. The zero-order valence-corrected chi connectivity index (χ0v) is 15.1. The number of benzene rings is 1. The van der Waals surface area contributed by atoms with Gasteiger partial charge in [-0.3, -0.25) is 0 Å². The first-order chi connectivity index (χ1) is 11.0. The number of rotatable bonds is 6. The Labute approximate surface area is 138 Å². The summed E-state index contributed by atoms with van der Waals surface area (Å²) in [6.07, 6.45) is 4.00. The molecule has 0 aliphatic carbocycles. The normalized spacial score (nSPS) is 12.0. The maximum absolute atomic E-state index is 5.91. The first kappa shape index (κ1) is 16.0. The second kappa shape index (κ2) is 6.68. The number of ether oxygens (including phenoxy) is 1. The topological polar surface area (TPSA) is 27.1 Å². The molecule has 3 nitrogen and oxygen atoms in total. The summed E-state index contributed by atoms with van der Waals surface area (Å²) < 4.78 is 8.02. The minimum Gasteiger partial charge on any atom is -0.361 e. The predicted octanol–water partition coefficient (Wildman–Crippen LogP) is 5.02. The summed E-state index contributed by atoms with van der Waals surface area (Å²) >= 11 is 0. The molecule has 0 atom stereocenters. The van der Waals surface area contributed by atoms with Gasteiger partial charge in [-0.15, -0.1) is 0 Å². The minimum absolute atomic E-state index is 0.560. The largest absolute Gasteiger partial charge is 0.361 e. The van der Waals surface area contributed by atoms with Crippen molar-refractivity contribution in [2.75, 3.05) is 6.61 Å². The zero-order valence-electron chi connectivity index (χ0n) is 14.1. The SMILES string of the molecule is C[Si](C)(C)CCOCn1cc(-c2ccccc2)c2cccnc21. The highest BCUT2D eigenvalue weighted by Gasteiger charge is 2.13. The second-order valence-electron chi connectivity index (χ2n) is 7.10. The number of hydrogen-bond donors (Lipinski definition) is 0. The van der Waals surface area contributed by atoms with Crippen LogP contribution >= 0.6 is 0 Å². The van der Waals surface area contributed by atoms with Crippen LogP contribution in [0, 0.1) is 0 Å². The molecule has 0 amide bonds. The van der Waals surface area contributed by atoms with E-state index in [1.807, 2.05) is 18.3 Å². The van der Waals surface area contributed by atoms with Gasteiger partial charge in [0.1, 0.15) is 12.4 Å². The highest BCUT2D eigenvalue weighted by molar-refractivity contribution is 6.76. The molecular formula is C19H24N2OSi. The van der Waals surface area contributed by atoms with Gasteiger partial charge >= 0.3 is 0 Å². The molecule has 3 rings (SSSR count). The summed E-state index contributed by atoms with van der Waals surface area (Å²) in [5, 5.41) is 1.17. The molecule has 0 fully saturated rings. The van der Waals surface area contributed by atoms with Crippen molar-refractivity contribution in [3.05, 3.63) is 54.9 Å². The van der Waals surface area contributed by atoms with E-state index in [2.05, 4.69) is 65.7 Å². The summed E-state index contributed by atoms with van der Waals surface area (Å²) in [5.74, 6) is 0. The molecule has 0 saturated heterocycles. The quantitative estimate of drug-likeness (QED) is 0.470. The number of pyridine rings is 1. The van der Waals surface area contributed by atoms with Crippen molar-refractivity contribution >= 4 is 19.1 Å². The van der Waals surface area contributed by atoms with E-state index in [-0.39, 0.29) is 0 Å². The van der Waals surface area contributed by atoms with E-state index in [1.165, 1.54) is 22.6 Å². The Morgan fingerprint density at radius 3 is 2.57 bits per heavy atom. The van der Waals surface area contributed by atoms with Crippen LogP contribution in [0.4, 0.5) is 0 Å². The molecule has 2 aromatic heterocycles. The fourth-order valence-corrected chi connectivity index (χ4v) is 3.37. The molecule has 0 saturated carbocycles. The van der Waals surface area contributed by atoms with Crippen molar-refractivity contribution in [1.29, 1.82) is 0 Å². The van der Waals surface area contributed by atoms with Gasteiger partial charge in [0.25, 0.3) is 0 Å². The summed E-state index contributed by atoms with van der Waals surface area (Å²) in [6, 6.07) is 15.8. The van der Waals surface area contributed by atoms with Gasteiger partial charge in [-0.2, -0.15) is 0 Å². The minimum atomic E-state index is -1.05. The molecule has 0 spiro atoms. The van der Waals surface area contributed by atoms with E-state index in [1.54, 1.807) is 0 Å². The van der Waals surface area contributed by atoms with Crippen LogP contribution in [0.5, 0.6) is 0 Å². The first-order valence-electron chi connectivity index (χ1n) is 8.12. The lowest BCUT2D eigenvalue weighted by molar-refractivity contribution is 0.0899. The Balaban J connectivity index is 1.84. The number of aromatic nitrogens is 2. The van der Waals surface area contributed by atoms with Gasteiger partial charge in [0.15, 0.2) is 0 Å². The number of fused-ring (bicyclic) bond motifs is 1. The van der Waals surface area contributed by atoms with Crippen LogP contribution in [0.15, 0.2) is 54.9 Å². The average Bonchev–Trinajstić information content (AvgIpc) is 2.91. The van der Waals surface area contributed by atoms with E-state index in [9.17, 15) is 0 Å². The Bertz CT molecular complexity index is 775. The van der Waals surface area contributed by atoms with Gasteiger partial charge in [0, 0.05) is 38.0 Å². The van der Waals surface area contributed by atoms with Crippen molar-refractivity contribution in [1.82, 2.24) is 9.55 Å². The molecule has 0 radical (unpaired) electrons.